The lowest BCUT2D eigenvalue weighted by Gasteiger charge is -2.38. The summed E-state index contributed by atoms with van der Waals surface area (Å²) in [7, 11) is 0. The molecule has 2 atom stereocenters. The standard InChI is InChI=1S/C53H55N3/c1-53(2)47-18-8-7-17-41(47)42-26-23-38(33-48(42)53)51-43-27-24-40(55-31-13-4-14-32-55)35-46(43)52(44-28-25-39(34-45(44)51)54-29-11-3-12-30-54)56-49-19-9-5-15-36(49)21-22-37-16-6-10-20-50(37)56/h5-6,8-10,15-16,18-20,23-28,33-36,49H,3-4,7,11-14,17,21-22,29-32H2,1-2H3. The minimum atomic E-state index is -0.0187. The van der Waals surface area contributed by atoms with E-state index in [1.54, 1.807) is 5.57 Å². The molecule has 3 aliphatic heterocycles. The van der Waals surface area contributed by atoms with Gasteiger partial charge in [-0.05, 0) is 150 Å². The molecule has 56 heavy (non-hydrogen) atoms. The van der Waals surface area contributed by atoms with E-state index in [0.29, 0.717) is 5.92 Å². The first-order valence-corrected chi connectivity index (χ1v) is 21.9. The summed E-state index contributed by atoms with van der Waals surface area (Å²) in [6.07, 6.45) is 26.6. The van der Waals surface area contributed by atoms with Crippen molar-refractivity contribution in [1.29, 1.82) is 0 Å². The first-order valence-electron chi connectivity index (χ1n) is 21.9. The van der Waals surface area contributed by atoms with Crippen LogP contribution in [-0.2, 0) is 11.8 Å². The SMILES string of the molecule is CC1(C)C2=C(CCC=C2)c2ccc(-c3c4cc(N5CCCCC5)ccc4c(N4c5ccccc5CCC5C=CC=CC54)c4cc(N5CCCCC5)ccc34)cc21. The van der Waals surface area contributed by atoms with Crippen LogP contribution in [-0.4, -0.2) is 32.2 Å². The van der Waals surface area contributed by atoms with Gasteiger partial charge < -0.3 is 14.7 Å². The molecule has 0 spiro atoms. The molecular formula is C53H55N3. The van der Waals surface area contributed by atoms with Crippen molar-refractivity contribution >= 4 is 49.9 Å². The number of hydrogen-bond donors (Lipinski definition) is 0. The largest absolute Gasteiger partial charge is 0.372 e. The molecule has 2 fully saturated rings. The fourth-order valence-electron chi connectivity index (χ4n) is 11.5. The molecule has 6 aliphatic rings. The van der Waals surface area contributed by atoms with Crippen LogP contribution in [0.25, 0.3) is 38.2 Å². The zero-order valence-electron chi connectivity index (χ0n) is 33.4. The maximum Gasteiger partial charge on any atom is 0.0588 e. The third-order valence-corrected chi connectivity index (χ3v) is 14.4. The Hall–Kier alpha value is -5.02. The van der Waals surface area contributed by atoms with Gasteiger partial charge in [0.05, 0.1) is 11.7 Å². The minimum absolute atomic E-state index is 0.0187. The van der Waals surface area contributed by atoms with Crippen molar-refractivity contribution < 1.29 is 0 Å². The lowest BCUT2D eigenvalue weighted by Crippen LogP contribution is -2.35. The van der Waals surface area contributed by atoms with Gasteiger partial charge >= 0.3 is 0 Å². The second-order valence-corrected chi connectivity index (χ2v) is 18.0. The van der Waals surface area contributed by atoms with Crippen molar-refractivity contribution in [2.75, 3.05) is 40.9 Å². The van der Waals surface area contributed by atoms with Crippen LogP contribution in [0.1, 0.15) is 88.3 Å². The molecule has 3 heteroatoms. The van der Waals surface area contributed by atoms with E-state index in [0.717, 1.165) is 51.9 Å². The molecule has 3 heterocycles. The Balaban J connectivity index is 1.23. The van der Waals surface area contributed by atoms with Gasteiger partial charge in [-0.2, -0.15) is 0 Å². The van der Waals surface area contributed by atoms with Crippen molar-refractivity contribution in [2.24, 2.45) is 5.92 Å². The highest BCUT2D eigenvalue weighted by atomic mass is 15.2. The van der Waals surface area contributed by atoms with E-state index in [1.807, 2.05) is 0 Å². The van der Waals surface area contributed by atoms with E-state index in [1.165, 1.54) is 116 Å². The van der Waals surface area contributed by atoms with Crippen LogP contribution < -0.4 is 14.7 Å². The molecule has 282 valence electrons. The summed E-state index contributed by atoms with van der Waals surface area (Å²) in [5.41, 5.74) is 15.7. The van der Waals surface area contributed by atoms with E-state index in [4.69, 9.17) is 0 Å². The lowest BCUT2D eigenvalue weighted by atomic mass is 9.79. The molecule has 0 aromatic heterocycles. The van der Waals surface area contributed by atoms with Gasteiger partial charge in [-0.3, -0.25) is 0 Å². The normalized spacial score (nSPS) is 22.6. The number of fused-ring (bicyclic) bond motifs is 6. The average molecular weight is 734 g/mol. The maximum atomic E-state index is 2.78. The molecular weight excluding hydrogens is 679 g/mol. The highest BCUT2D eigenvalue weighted by Crippen LogP contribution is 2.54. The van der Waals surface area contributed by atoms with Crippen LogP contribution in [0.4, 0.5) is 22.7 Å². The first-order chi connectivity index (χ1) is 27.5. The summed E-state index contributed by atoms with van der Waals surface area (Å²) in [5.74, 6) is 0.446. The molecule has 5 aromatic rings. The molecule has 3 nitrogen and oxygen atoms in total. The highest BCUT2D eigenvalue weighted by Gasteiger charge is 2.38. The fourth-order valence-corrected chi connectivity index (χ4v) is 11.5. The van der Waals surface area contributed by atoms with Crippen molar-refractivity contribution in [2.45, 2.75) is 89.5 Å². The van der Waals surface area contributed by atoms with E-state index in [-0.39, 0.29) is 11.5 Å². The number of benzene rings is 5. The van der Waals surface area contributed by atoms with Gasteiger partial charge in [-0.1, -0.05) is 92.8 Å². The highest BCUT2D eigenvalue weighted by molar-refractivity contribution is 6.23. The summed E-state index contributed by atoms with van der Waals surface area (Å²) in [5, 5.41) is 5.48. The number of piperidine rings is 2. The zero-order chi connectivity index (χ0) is 37.4. The number of rotatable bonds is 4. The number of anilines is 4. The molecule has 0 amide bonds. The Labute approximate surface area is 333 Å². The van der Waals surface area contributed by atoms with Crippen LogP contribution in [0.2, 0.25) is 0 Å². The number of hydrogen-bond acceptors (Lipinski definition) is 3. The Morgan fingerprint density at radius 3 is 2.14 bits per heavy atom. The number of aryl methyl sites for hydroxylation is 1. The van der Waals surface area contributed by atoms with Crippen molar-refractivity contribution in [3.05, 3.63) is 138 Å². The molecule has 5 aromatic carbocycles. The molecule has 0 radical (unpaired) electrons. The molecule has 0 N–H and O–H groups in total. The zero-order valence-corrected chi connectivity index (χ0v) is 33.4. The third kappa shape index (κ3) is 5.44. The van der Waals surface area contributed by atoms with Gasteiger partial charge in [-0.25, -0.2) is 0 Å². The Kier molecular flexibility index (Phi) is 8.30. The molecule has 0 saturated carbocycles. The average Bonchev–Trinajstić information content (AvgIpc) is 3.36. The van der Waals surface area contributed by atoms with E-state index in [9.17, 15) is 0 Å². The number of allylic oxidation sites excluding steroid dienone is 6. The Morgan fingerprint density at radius 2 is 1.36 bits per heavy atom. The van der Waals surface area contributed by atoms with Gasteiger partial charge in [-0.15, -0.1) is 0 Å². The van der Waals surface area contributed by atoms with E-state index < -0.39 is 0 Å². The van der Waals surface area contributed by atoms with Crippen molar-refractivity contribution in [3.8, 4) is 11.1 Å². The molecule has 3 aliphatic carbocycles. The van der Waals surface area contributed by atoms with Crippen LogP contribution >= 0.6 is 0 Å². The molecule has 2 saturated heterocycles. The van der Waals surface area contributed by atoms with Gasteiger partial charge in [0.25, 0.3) is 0 Å². The molecule has 2 unspecified atom stereocenters. The van der Waals surface area contributed by atoms with E-state index in [2.05, 4.69) is 144 Å². The van der Waals surface area contributed by atoms with Gasteiger partial charge in [0.15, 0.2) is 0 Å². The van der Waals surface area contributed by atoms with Crippen LogP contribution in [0.15, 0.2) is 121 Å². The van der Waals surface area contributed by atoms with Gasteiger partial charge in [0.2, 0.25) is 0 Å². The third-order valence-electron chi connectivity index (χ3n) is 14.4. The summed E-state index contributed by atoms with van der Waals surface area (Å²) in [6.45, 7) is 9.45. The van der Waals surface area contributed by atoms with Crippen molar-refractivity contribution in [1.82, 2.24) is 0 Å². The van der Waals surface area contributed by atoms with Crippen molar-refractivity contribution in [3.63, 3.8) is 0 Å². The Bertz CT molecular complexity index is 2500. The number of nitrogens with zero attached hydrogens (tertiary/aromatic N) is 3. The first kappa shape index (κ1) is 34.2. The Morgan fingerprint density at radius 1 is 0.643 bits per heavy atom. The summed E-state index contributed by atoms with van der Waals surface area (Å²) >= 11 is 0. The second-order valence-electron chi connectivity index (χ2n) is 18.0. The number of para-hydroxylation sites is 1. The minimum Gasteiger partial charge on any atom is -0.372 e. The monoisotopic (exact) mass is 733 g/mol. The smallest absolute Gasteiger partial charge is 0.0588 e. The summed E-state index contributed by atoms with van der Waals surface area (Å²) in [4.78, 5) is 8.08. The van der Waals surface area contributed by atoms with Gasteiger partial charge in [0, 0.05) is 65.3 Å². The van der Waals surface area contributed by atoms with Gasteiger partial charge in [0.1, 0.15) is 0 Å². The predicted molar refractivity (Wildman–Crippen MR) is 240 cm³/mol. The quantitative estimate of drug-likeness (QED) is 0.170. The predicted octanol–water partition coefficient (Wildman–Crippen LogP) is 13.2. The maximum absolute atomic E-state index is 2.78. The second kappa shape index (κ2) is 13.6. The molecule has 11 rings (SSSR count). The fraction of sp³-hybridized carbons (Fsp3) is 0.358. The lowest BCUT2D eigenvalue weighted by molar-refractivity contribution is 0.536. The molecule has 0 bridgehead atoms. The van der Waals surface area contributed by atoms with Crippen LogP contribution in [0.5, 0.6) is 0 Å². The summed E-state index contributed by atoms with van der Waals surface area (Å²) < 4.78 is 0. The van der Waals surface area contributed by atoms with E-state index >= 15 is 0 Å². The van der Waals surface area contributed by atoms with Crippen LogP contribution in [0.3, 0.4) is 0 Å². The summed E-state index contributed by atoms with van der Waals surface area (Å²) in [6, 6.07) is 32.2. The van der Waals surface area contributed by atoms with Crippen LogP contribution in [0, 0.1) is 5.92 Å². The topological polar surface area (TPSA) is 9.72 Å².